The number of hydrogen-bond donors (Lipinski definition) is 0. The van der Waals surface area contributed by atoms with Crippen LogP contribution in [-0.2, 0) is 4.74 Å². The highest BCUT2D eigenvalue weighted by atomic mass is 32.2. The Morgan fingerprint density at radius 2 is 2.00 bits per heavy atom. The van der Waals surface area contributed by atoms with E-state index < -0.39 is 5.97 Å². The number of ether oxygens (including phenoxy) is 1. The molecule has 0 saturated heterocycles. The summed E-state index contributed by atoms with van der Waals surface area (Å²) in [5, 5.41) is 1.38. The molecule has 0 aliphatic carbocycles. The lowest BCUT2D eigenvalue weighted by molar-refractivity contribution is 0.0596. The molecule has 0 aliphatic rings. The third-order valence-electron chi connectivity index (χ3n) is 2.02. The molecular weight excluding hydrogens is 236 g/mol. The summed E-state index contributed by atoms with van der Waals surface area (Å²) in [4.78, 5) is 19.9. The minimum absolute atomic E-state index is 0.392. The number of methoxy groups -OCH3 is 1. The number of esters is 1. The number of hydrogen-bond acceptors (Lipinski definition) is 5. The van der Waals surface area contributed by atoms with Crippen LogP contribution in [0.4, 0.5) is 0 Å². The molecule has 2 rings (SSSR count). The van der Waals surface area contributed by atoms with Crippen molar-refractivity contribution in [2.24, 2.45) is 0 Å². The topological polar surface area (TPSA) is 52.1 Å². The number of pyridine rings is 2. The standard InChI is InChI=1S/C12H10N2O2S/c1-16-12(15)9-5-4-8-14-11(9)17-10-6-2-3-7-13-10/h2-8H,1H3. The highest BCUT2D eigenvalue weighted by molar-refractivity contribution is 7.99. The van der Waals surface area contributed by atoms with Gasteiger partial charge in [0.1, 0.15) is 10.1 Å². The van der Waals surface area contributed by atoms with Gasteiger partial charge in [-0.2, -0.15) is 0 Å². The van der Waals surface area contributed by atoms with Gasteiger partial charge in [0.25, 0.3) is 0 Å². The van der Waals surface area contributed by atoms with Crippen LogP contribution >= 0.6 is 11.8 Å². The smallest absolute Gasteiger partial charge is 0.340 e. The van der Waals surface area contributed by atoms with Gasteiger partial charge in [-0.1, -0.05) is 6.07 Å². The SMILES string of the molecule is COC(=O)c1cccnc1Sc1ccccn1. The molecule has 0 N–H and O–H groups in total. The zero-order valence-corrected chi connectivity index (χ0v) is 9.98. The summed E-state index contributed by atoms with van der Waals surface area (Å²) in [5.41, 5.74) is 0.450. The van der Waals surface area contributed by atoms with E-state index >= 15 is 0 Å². The highest BCUT2D eigenvalue weighted by Crippen LogP contribution is 2.26. The van der Waals surface area contributed by atoms with Crippen LogP contribution in [0.3, 0.4) is 0 Å². The van der Waals surface area contributed by atoms with Crippen molar-refractivity contribution in [1.29, 1.82) is 0 Å². The Labute approximate surface area is 103 Å². The summed E-state index contributed by atoms with van der Waals surface area (Å²) in [6.07, 6.45) is 3.33. The fourth-order valence-corrected chi connectivity index (χ4v) is 2.08. The predicted molar refractivity (Wildman–Crippen MR) is 63.9 cm³/mol. The molecule has 2 aromatic rings. The Hall–Kier alpha value is -1.88. The third kappa shape index (κ3) is 2.82. The van der Waals surface area contributed by atoms with Gasteiger partial charge in [0.05, 0.1) is 12.7 Å². The average molecular weight is 246 g/mol. The quantitative estimate of drug-likeness (QED) is 0.778. The van der Waals surface area contributed by atoms with E-state index in [1.54, 1.807) is 24.5 Å². The minimum Gasteiger partial charge on any atom is -0.465 e. The molecule has 0 bridgehead atoms. The van der Waals surface area contributed by atoms with E-state index in [2.05, 4.69) is 9.97 Å². The Bertz CT molecular complexity index is 517. The monoisotopic (exact) mass is 246 g/mol. The van der Waals surface area contributed by atoms with E-state index in [9.17, 15) is 4.79 Å². The minimum atomic E-state index is -0.392. The summed E-state index contributed by atoms with van der Waals surface area (Å²) in [7, 11) is 1.35. The van der Waals surface area contributed by atoms with Gasteiger partial charge in [-0.15, -0.1) is 0 Å². The molecular formula is C12H10N2O2S. The van der Waals surface area contributed by atoms with Gasteiger partial charge < -0.3 is 4.74 Å². The molecule has 5 heteroatoms. The number of aromatic nitrogens is 2. The van der Waals surface area contributed by atoms with Gasteiger partial charge in [0, 0.05) is 12.4 Å². The first-order chi connectivity index (χ1) is 8.31. The summed E-state index contributed by atoms with van der Waals surface area (Å²) in [6.45, 7) is 0. The van der Waals surface area contributed by atoms with Crippen molar-refractivity contribution in [2.75, 3.05) is 7.11 Å². The molecule has 0 unspecified atom stereocenters. The zero-order chi connectivity index (χ0) is 12.1. The first-order valence-electron chi connectivity index (χ1n) is 4.93. The summed E-state index contributed by atoms with van der Waals surface area (Å²) in [6, 6.07) is 8.97. The van der Waals surface area contributed by atoms with Crippen LogP contribution < -0.4 is 0 Å². The lowest BCUT2D eigenvalue weighted by Crippen LogP contribution is -2.04. The zero-order valence-electron chi connectivity index (χ0n) is 9.16. The molecule has 17 heavy (non-hydrogen) atoms. The van der Waals surface area contributed by atoms with Gasteiger partial charge in [0.2, 0.25) is 0 Å². The number of carbonyl (C=O) groups excluding carboxylic acids is 1. The van der Waals surface area contributed by atoms with Gasteiger partial charge >= 0.3 is 5.97 Å². The number of carbonyl (C=O) groups is 1. The van der Waals surface area contributed by atoms with Crippen LogP contribution in [0.2, 0.25) is 0 Å². The maximum atomic E-state index is 11.5. The Morgan fingerprint density at radius 3 is 2.71 bits per heavy atom. The van der Waals surface area contributed by atoms with Gasteiger partial charge in [-0.05, 0) is 36.0 Å². The van der Waals surface area contributed by atoms with Crippen molar-refractivity contribution in [3.05, 3.63) is 48.3 Å². The molecule has 0 atom stereocenters. The summed E-state index contributed by atoms with van der Waals surface area (Å²) < 4.78 is 4.70. The Balaban J connectivity index is 2.30. The second kappa shape index (κ2) is 5.45. The lowest BCUT2D eigenvalue weighted by atomic mass is 10.3. The maximum absolute atomic E-state index is 11.5. The summed E-state index contributed by atoms with van der Waals surface area (Å²) >= 11 is 1.33. The van der Waals surface area contributed by atoms with Crippen LogP contribution in [0, 0.1) is 0 Å². The van der Waals surface area contributed by atoms with Crippen LogP contribution in [0.15, 0.2) is 52.8 Å². The molecule has 0 aliphatic heterocycles. The molecule has 2 aromatic heterocycles. The molecule has 0 radical (unpaired) electrons. The predicted octanol–water partition coefficient (Wildman–Crippen LogP) is 2.41. The molecule has 0 amide bonds. The Morgan fingerprint density at radius 1 is 1.18 bits per heavy atom. The number of nitrogens with zero attached hydrogens (tertiary/aromatic N) is 2. The molecule has 0 aromatic carbocycles. The fraction of sp³-hybridized carbons (Fsp3) is 0.0833. The first-order valence-corrected chi connectivity index (χ1v) is 5.75. The maximum Gasteiger partial charge on any atom is 0.340 e. The van der Waals surface area contributed by atoms with Crippen molar-refractivity contribution in [1.82, 2.24) is 9.97 Å². The molecule has 0 saturated carbocycles. The highest BCUT2D eigenvalue weighted by Gasteiger charge is 2.13. The van der Waals surface area contributed by atoms with Crippen molar-refractivity contribution in [3.8, 4) is 0 Å². The van der Waals surface area contributed by atoms with E-state index in [0.717, 1.165) is 5.03 Å². The van der Waals surface area contributed by atoms with Crippen LogP contribution in [0.25, 0.3) is 0 Å². The van der Waals surface area contributed by atoms with E-state index in [1.165, 1.54) is 18.9 Å². The first kappa shape index (κ1) is 11.6. The second-order valence-electron chi connectivity index (χ2n) is 3.12. The van der Waals surface area contributed by atoms with E-state index in [4.69, 9.17) is 4.74 Å². The van der Waals surface area contributed by atoms with Crippen molar-refractivity contribution < 1.29 is 9.53 Å². The molecule has 2 heterocycles. The van der Waals surface area contributed by atoms with E-state index in [0.29, 0.717) is 10.6 Å². The van der Waals surface area contributed by atoms with Crippen LogP contribution in [-0.4, -0.2) is 23.0 Å². The molecule has 4 nitrogen and oxygen atoms in total. The van der Waals surface area contributed by atoms with Gasteiger partial charge in [0.15, 0.2) is 0 Å². The van der Waals surface area contributed by atoms with Gasteiger partial charge in [-0.25, -0.2) is 14.8 Å². The van der Waals surface area contributed by atoms with Crippen molar-refractivity contribution in [2.45, 2.75) is 10.1 Å². The largest absolute Gasteiger partial charge is 0.465 e. The lowest BCUT2D eigenvalue weighted by Gasteiger charge is -2.05. The molecule has 0 spiro atoms. The van der Waals surface area contributed by atoms with Crippen LogP contribution in [0.5, 0.6) is 0 Å². The molecule has 86 valence electrons. The van der Waals surface area contributed by atoms with Crippen LogP contribution in [0.1, 0.15) is 10.4 Å². The Kier molecular flexibility index (Phi) is 3.72. The molecule has 0 fully saturated rings. The van der Waals surface area contributed by atoms with Crippen molar-refractivity contribution >= 4 is 17.7 Å². The van der Waals surface area contributed by atoms with Gasteiger partial charge in [-0.3, -0.25) is 0 Å². The fourth-order valence-electron chi connectivity index (χ4n) is 1.24. The van der Waals surface area contributed by atoms with E-state index in [-0.39, 0.29) is 0 Å². The number of rotatable bonds is 3. The summed E-state index contributed by atoms with van der Waals surface area (Å²) in [5.74, 6) is -0.392. The van der Waals surface area contributed by atoms with Crippen molar-refractivity contribution in [3.63, 3.8) is 0 Å². The third-order valence-corrected chi connectivity index (χ3v) is 2.98. The second-order valence-corrected chi connectivity index (χ2v) is 4.13. The normalized spacial score (nSPS) is 9.94. The average Bonchev–Trinajstić information content (AvgIpc) is 2.40. The van der Waals surface area contributed by atoms with E-state index in [1.807, 2.05) is 18.2 Å².